The Hall–Kier alpha value is -2.99. The van der Waals surface area contributed by atoms with Gasteiger partial charge in [0.25, 0.3) is 0 Å². The molecule has 1 amide bonds. The topological polar surface area (TPSA) is 63.1 Å². The van der Waals surface area contributed by atoms with Gasteiger partial charge in [-0.15, -0.1) is 0 Å². The van der Waals surface area contributed by atoms with Gasteiger partial charge in [0, 0.05) is 25.0 Å². The predicted molar refractivity (Wildman–Crippen MR) is 102 cm³/mol. The monoisotopic (exact) mass is 349 g/mol. The molecule has 3 aromatic rings. The van der Waals surface area contributed by atoms with E-state index in [9.17, 15) is 4.79 Å². The molecule has 134 valence electrons. The van der Waals surface area contributed by atoms with Crippen molar-refractivity contribution in [3.05, 3.63) is 78.2 Å². The van der Waals surface area contributed by atoms with Gasteiger partial charge >= 0.3 is 0 Å². The van der Waals surface area contributed by atoms with E-state index >= 15 is 0 Å². The third-order valence-corrected chi connectivity index (χ3v) is 4.26. The lowest BCUT2D eigenvalue weighted by atomic mass is 10.2. The van der Waals surface area contributed by atoms with Crippen LogP contribution in [0, 0.1) is 0 Å². The molecule has 2 aromatic heterocycles. The highest BCUT2D eigenvalue weighted by atomic mass is 16.2. The second-order valence-corrected chi connectivity index (χ2v) is 6.29. The maximum Gasteiger partial charge on any atom is 0.242 e. The first kappa shape index (κ1) is 17.8. The molecule has 6 heteroatoms. The van der Waals surface area contributed by atoms with Crippen molar-refractivity contribution in [1.82, 2.24) is 19.7 Å². The Bertz CT molecular complexity index is 832. The third kappa shape index (κ3) is 4.77. The van der Waals surface area contributed by atoms with E-state index in [0.29, 0.717) is 18.9 Å². The smallest absolute Gasteiger partial charge is 0.242 e. The molecule has 0 fully saturated rings. The zero-order chi connectivity index (χ0) is 18.4. The number of carbonyl (C=O) groups excluding carboxylic acids is 1. The Morgan fingerprint density at radius 3 is 2.65 bits per heavy atom. The summed E-state index contributed by atoms with van der Waals surface area (Å²) in [5.74, 6) is 0.470. The maximum atomic E-state index is 12.5. The van der Waals surface area contributed by atoms with Gasteiger partial charge in [-0.05, 0) is 31.7 Å². The number of aromatic nitrogens is 3. The number of likely N-dealkylation sites (N-methyl/N-ethyl adjacent to an activating group) is 1. The van der Waals surface area contributed by atoms with Crippen LogP contribution < -0.4 is 5.32 Å². The number of hydrogen-bond donors (Lipinski definition) is 1. The van der Waals surface area contributed by atoms with E-state index in [1.54, 1.807) is 16.9 Å². The minimum atomic E-state index is -0.267. The Kier molecular flexibility index (Phi) is 5.76. The summed E-state index contributed by atoms with van der Waals surface area (Å²) >= 11 is 0. The second kappa shape index (κ2) is 8.40. The van der Waals surface area contributed by atoms with Gasteiger partial charge in [-0.1, -0.05) is 36.4 Å². The number of benzene rings is 1. The number of pyridine rings is 1. The van der Waals surface area contributed by atoms with Gasteiger partial charge in [0.1, 0.15) is 0 Å². The first-order valence-corrected chi connectivity index (χ1v) is 8.60. The molecule has 1 aromatic carbocycles. The normalized spacial score (nSPS) is 12.1. The summed E-state index contributed by atoms with van der Waals surface area (Å²) in [5.41, 5.74) is 2.10. The van der Waals surface area contributed by atoms with Crippen LogP contribution in [0.5, 0.6) is 0 Å². The maximum absolute atomic E-state index is 12.5. The molecule has 6 nitrogen and oxygen atoms in total. The molecule has 0 bridgehead atoms. The molecule has 0 radical (unpaired) electrons. The number of amides is 1. The lowest BCUT2D eigenvalue weighted by molar-refractivity contribution is -0.120. The molecule has 0 saturated carbocycles. The van der Waals surface area contributed by atoms with Crippen LogP contribution >= 0.6 is 0 Å². The van der Waals surface area contributed by atoms with E-state index < -0.39 is 0 Å². The molecule has 0 spiro atoms. The summed E-state index contributed by atoms with van der Waals surface area (Å²) in [6, 6.07) is 17.4. The van der Waals surface area contributed by atoms with Crippen LogP contribution in [0.4, 0.5) is 5.82 Å². The number of hydrogen-bond acceptors (Lipinski definition) is 4. The lowest BCUT2D eigenvalue weighted by Gasteiger charge is -2.23. The second-order valence-electron chi connectivity index (χ2n) is 6.29. The molecular weight excluding hydrogens is 326 g/mol. The van der Waals surface area contributed by atoms with Gasteiger partial charge in [-0.25, -0.2) is 0 Å². The van der Waals surface area contributed by atoms with E-state index in [4.69, 9.17) is 0 Å². The van der Waals surface area contributed by atoms with Crippen LogP contribution in [-0.4, -0.2) is 38.7 Å². The molecule has 0 aliphatic rings. The van der Waals surface area contributed by atoms with Crippen LogP contribution in [0.1, 0.15) is 18.2 Å². The molecular formula is C20H23N5O. The molecule has 0 aliphatic heterocycles. The fourth-order valence-corrected chi connectivity index (χ4v) is 2.61. The van der Waals surface area contributed by atoms with Crippen LogP contribution in [0.2, 0.25) is 0 Å². The van der Waals surface area contributed by atoms with Crippen LogP contribution in [0.15, 0.2) is 67.0 Å². The van der Waals surface area contributed by atoms with Gasteiger partial charge in [0.2, 0.25) is 5.91 Å². The summed E-state index contributed by atoms with van der Waals surface area (Å²) < 4.78 is 1.76. The summed E-state index contributed by atoms with van der Waals surface area (Å²) in [7, 11) is 1.94. The van der Waals surface area contributed by atoms with E-state index in [2.05, 4.69) is 27.5 Å². The number of rotatable bonds is 7. The van der Waals surface area contributed by atoms with E-state index in [1.165, 1.54) is 5.56 Å². The average molecular weight is 349 g/mol. The highest BCUT2D eigenvalue weighted by Crippen LogP contribution is 2.09. The van der Waals surface area contributed by atoms with Crippen LogP contribution in [0.25, 0.3) is 0 Å². The summed E-state index contributed by atoms with van der Waals surface area (Å²) in [6.45, 7) is 3.17. The molecule has 2 heterocycles. The largest absolute Gasteiger partial charge is 0.308 e. The minimum Gasteiger partial charge on any atom is -0.308 e. The summed E-state index contributed by atoms with van der Waals surface area (Å²) in [6.07, 6.45) is 3.59. The highest BCUT2D eigenvalue weighted by Gasteiger charge is 2.19. The zero-order valence-electron chi connectivity index (χ0n) is 15.0. The van der Waals surface area contributed by atoms with E-state index in [1.807, 2.05) is 61.5 Å². The highest BCUT2D eigenvalue weighted by molar-refractivity contribution is 5.93. The first-order chi connectivity index (χ1) is 12.6. The standard InChI is InChI=1S/C20H23N5O/c1-16(24(2)14-17-8-4-3-5-9-17)20(26)22-19-11-13-25(23-19)15-18-10-6-7-12-21-18/h3-13,16H,14-15H2,1-2H3,(H,22,23,26)/t16-/m0/s1. The first-order valence-electron chi connectivity index (χ1n) is 8.60. The molecule has 0 aliphatic carbocycles. The van der Waals surface area contributed by atoms with Crippen molar-refractivity contribution >= 4 is 11.7 Å². The molecule has 26 heavy (non-hydrogen) atoms. The van der Waals surface area contributed by atoms with Crippen molar-refractivity contribution in [2.24, 2.45) is 0 Å². The van der Waals surface area contributed by atoms with Gasteiger partial charge in [0.05, 0.1) is 18.3 Å². The SMILES string of the molecule is C[C@@H](C(=O)Nc1ccn(Cc2ccccn2)n1)N(C)Cc1ccccc1. The van der Waals surface area contributed by atoms with Gasteiger partial charge in [-0.2, -0.15) is 5.10 Å². The lowest BCUT2D eigenvalue weighted by Crippen LogP contribution is -2.39. The predicted octanol–water partition coefficient (Wildman–Crippen LogP) is 2.79. The molecule has 3 rings (SSSR count). The number of carbonyl (C=O) groups is 1. The van der Waals surface area contributed by atoms with Gasteiger partial charge < -0.3 is 5.32 Å². The van der Waals surface area contributed by atoms with Crippen molar-refractivity contribution in [3.8, 4) is 0 Å². The molecule has 1 atom stereocenters. The Labute approximate surface area is 153 Å². The Morgan fingerprint density at radius 1 is 1.15 bits per heavy atom. The fraction of sp³-hybridized carbons (Fsp3) is 0.250. The minimum absolute atomic E-state index is 0.0773. The van der Waals surface area contributed by atoms with Gasteiger partial charge in [0.15, 0.2) is 5.82 Å². The number of nitrogens with zero attached hydrogens (tertiary/aromatic N) is 4. The Balaban J connectivity index is 1.55. The quantitative estimate of drug-likeness (QED) is 0.712. The summed E-state index contributed by atoms with van der Waals surface area (Å²) in [5, 5.41) is 7.28. The van der Waals surface area contributed by atoms with E-state index in [0.717, 1.165) is 5.69 Å². The fourth-order valence-electron chi connectivity index (χ4n) is 2.61. The van der Waals surface area contributed by atoms with Crippen molar-refractivity contribution < 1.29 is 4.79 Å². The molecule has 0 unspecified atom stereocenters. The third-order valence-electron chi connectivity index (χ3n) is 4.26. The van der Waals surface area contributed by atoms with E-state index in [-0.39, 0.29) is 11.9 Å². The molecule has 1 N–H and O–H groups in total. The molecule has 0 saturated heterocycles. The Morgan fingerprint density at radius 2 is 1.92 bits per heavy atom. The van der Waals surface area contributed by atoms with Crippen molar-refractivity contribution in [2.45, 2.75) is 26.1 Å². The van der Waals surface area contributed by atoms with Crippen molar-refractivity contribution in [3.63, 3.8) is 0 Å². The number of anilines is 1. The number of nitrogens with one attached hydrogen (secondary N) is 1. The van der Waals surface area contributed by atoms with Crippen molar-refractivity contribution in [1.29, 1.82) is 0 Å². The van der Waals surface area contributed by atoms with Crippen LogP contribution in [-0.2, 0) is 17.9 Å². The van der Waals surface area contributed by atoms with Gasteiger partial charge in [-0.3, -0.25) is 19.4 Å². The van der Waals surface area contributed by atoms with Crippen LogP contribution in [0.3, 0.4) is 0 Å². The summed E-state index contributed by atoms with van der Waals surface area (Å²) in [4.78, 5) is 18.8. The average Bonchev–Trinajstić information content (AvgIpc) is 3.09. The van der Waals surface area contributed by atoms with Crippen molar-refractivity contribution in [2.75, 3.05) is 12.4 Å². The zero-order valence-corrected chi connectivity index (χ0v) is 15.0.